The minimum absolute atomic E-state index is 0.0615. The average molecular weight is 284 g/mol. The lowest BCUT2D eigenvalue weighted by Crippen LogP contribution is -2.40. The number of carbonyl (C=O) groups is 1. The third-order valence-corrected chi connectivity index (χ3v) is 4.14. The van der Waals surface area contributed by atoms with Gasteiger partial charge in [0, 0.05) is 19.0 Å². The molecule has 1 aromatic heterocycles. The highest BCUT2D eigenvalue weighted by Crippen LogP contribution is 2.47. The van der Waals surface area contributed by atoms with Crippen molar-refractivity contribution in [2.75, 3.05) is 13.6 Å². The SMILES string of the molecule is CN(Cc1ccco1)C(=O)NCC1(c2ccccc2)CC1. The number of nitrogens with one attached hydrogen (secondary N) is 1. The number of amides is 2. The molecule has 2 aromatic rings. The summed E-state index contributed by atoms with van der Waals surface area (Å²) in [5.41, 5.74) is 1.46. The third kappa shape index (κ3) is 3.10. The quantitative estimate of drug-likeness (QED) is 0.916. The van der Waals surface area contributed by atoms with Gasteiger partial charge in [-0.05, 0) is 30.5 Å². The van der Waals surface area contributed by atoms with E-state index in [9.17, 15) is 4.79 Å². The average Bonchev–Trinajstić information content (AvgIpc) is 3.15. The molecule has 4 heteroatoms. The number of nitrogens with zero attached hydrogens (tertiary/aromatic N) is 1. The summed E-state index contributed by atoms with van der Waals surface area (Å²) in [5.74, 6) is 0.789. The highest BCUT2D eigenvalue weighted by Gasteiger charge is 2.44. The van der Waals surface area contributed by atoms with E-state index in [4.69, 9.17) is 4.42 Å². The summed E-state index contributed by atoms with van der Waals surface area (Å²) in [6.07, 6.45) is 3.90. The molecular weight excluding hydrogens is 264 g/mol. The largest absolute Gasteiger partial charge is 0.467 e. The Morgan fingerprint density at radius 3 is 2.62 bits per heavy atom. The normalized spacial score (nSPS) is 15.5. The molecule has 1 N–H and O–H groups in total. The van der Waals surface area contributed by atoms with Gasteiger partial charge in [-0.1, -0.05) is 30.3 Å². The van der Waals surface area contributed by atoms with Gasteiger partial charge in [0.1, 0.15) is 5.76 Å². The van der Waals surface area contributed by atoms with E-state index in [1.165, 1.54) is 5.56 Å². The molecule has 1 heterocycles. The van der Waals surface area contributed by atoms with Crippen LogP contribution in [0.2, 0.25) is 0 Å². The number of benzene rings is 1. The molecular formula is C17H20N2O2. The summed E-state index contributed by atoms with van der Waals surface area (Å²) in [5, 5.41) is 3.04. The van der Waals surface area contributed by atoms with Crippen LogP contribution in [-0.2, 0) is 12.0 Å². The molecule has 1 saturated carbocycles. The lowest BCUT2D eigenvalue weighted by atomic mass is 9.96. The number of carbonyl (C=O) groups excluding carboxylic acids is 1. The minimum atomic E-state index is -0.0615. The molecule has 0 atom stereocenters. The van der Waals surface area contributed by atoms with Crippen LogP contribution in [0.3, 0.4) is 0 Å². The first-order valence-electron chi connectivity index (χ1n) is 7.26. The van der Waals surface area contributed by atoms with Crippen molar-refractivity contribution >= 4 is 6.03 Å². The van der Waals surface area contributed by atoms with Gasteiger partial charge in [-0.3, -0.25) is 0 Å². The van der Waals surface area contributed by atoms with Crippen LogP contribution in [0.4, 0.5) is 4.79 Å². The molecule has 0 radical (unpaired) electrons. The van der Waals surface area contributed by atoms with Crippen LogP contribution in [-0.4, -0.2) is 24.5 Å². The number of hydrogen-bond acceptors (Lipinski definition) is 2. The highest BCUT2D eigenvalue weighted by atomic mass is 16.3. The van der Waals surface area contributed by atoms with Crippen molar-refractivity contribution in [2.24, 2.45) is 0 Å². The molecule has 4 nitrogen and oxygen atoms in total. The van der Waals surface area contributed by atoms with Crippen molar-refractivity contribution in [2.45, 2.75) is 24.8 Å². The fraction of sp³-hybridized carbons (Fsp3) is 0.353. The zero-order chi connectivity index (χ0) is 14.7. The highest BCUT2D eigenvalue weighted by molar-refractivity contribution is 5.74. The number of hydrogen-bond donors (Lipinski definition) is 1. The predicted molar refractivity (Wildman–Crippen MR) is 80.9 cm³/mol. The molecule has 1 fully saturated rings. The number of urea groups is 1. The van der Waals surface area contributed by atoms with E-state index in [1.54, 1.807) is 18.2 Å². The Bertz CT molecular complexity index is 589. The summed E-state index contributed by atoms with van der Waals surface area (Å²) in [7, 11) is 1.78. The van der Waals surface area contributed by atoms with Gasteiger partial charge in [-0.25, -0.2) is 4.79 Å². The molecule has 0 saturated heterocycles. The molecule has 0 unspecified atom stereocenters. The summed E-state index contributed by atoms with van der Waals surface area (Å²) in [6, 6.07) is 14.1. The second-order valence-corrected chi connectivity index (χ2v) is 5.74. The van der Waals surface area contributed by atoms with E-state index in [2.05, 4.69) is 29.6 Å². The molecule has 1 aliphatic rings. The van der Waals surface area contributed by atoms with Crippen molar-refractivity contribution in [1.29, 1.82) is 0 Å². The smallest absolute Gasteiger partial charge is 0.317 e. The summed E-state index contributed by atoms with van der Waals surface area (Å²) in [6.45, 7) is 1.18. The van der Waals surface area contributed by atoms with Crippen LogP contribution in [0, 0.1) is 0 Å². The Labute approximate surface area is 124 Å². The molecule has 2 amide bonds. The van der Waals surface area contributed by atoms with Gasteiger partial charge < -0.3 is 14.6 Å². The van der Waals surface area contributed by atoms with Gasteiger partial charge in [0.15, 0.2) is 0 Å². The van der Waals surface area contributed by atoms with Crippen LogP contribution < -0.4 is 5.32 Å². The summed E-state index contributed by atoms with van der Waals surface area (Å²) < 4.78 is 5.26. The zero-order valence-corrected chi connectivity index (χ0v) is 12.2. The first-order chi connectivity index (χ1) is 10.2. The fourth-order valence-corrected chi connectivity index (χ4v) is 2.60. The maximum Gasteiger partial charge on any atom is 0.317 e. The van der Waals surface area contributed by atoms with E-state index in [0.29, 0.717) is 13.1 Å². The monoisotopic (exact) mass is 284 g/mol. The van der Waals surface area contributed by atoms with Crippen LogP contribution in [0.15, 0.2) is 53.1 Å². The van der Waals surface area contributed by atoms with Crippen molar-refractivity contribution in [1.82, 2.24) is 10.2 Å². The third-order valence-electron chi connectivity index (χ3n) is 4.14. The molecule has 0 spiro atoms. The zero-order valence-electron chi connectivity index (χ0n) is 12.2. The molecule has 110 valence electrons. The first kappa shape index (κ1) is 13.7. The second kappa shape index (κ2) is 5.64. The molecule has 21 heavy (non-hydrogen) atoms. The number of rotatable bonds is 5. The standard InChI is InChI=1S/C17H20N2O2/c1-19(12-15-8-5-11-21-15)16(20)18-13-17(9-10-17)14-6-3-2-4-7-14/h2-8,11H,9-10,12-13H2,1H3,(H,18,20). The summed E-state index contributed by atoms with van der Waals surface area (Å²) >= 11 is 0. The molecule has 3 rings (SSSR count). The minimum Gasteiger partial charge on any atom is -0.467 e. The van der Waals surface area contributed by atoms with Crippen LogP contribution in [0.25, 0.3) is 0 Å². The van der Waals surface area contributed by atoms with Gasteiger partial charge in [0.25, 0.3) is 0 Å². The van der Waals surface area contributed by atoms with Crippen molar-refractivity contribution in [3.8, 4) is 0 Å². The molecule has 1 aliphatic carbocycles. The van der Waals surface area contributed by atoms with E-state index in [1.807, 2.05) is 18.2 Å². The van der Waals surface area contributed by atoms with Crippen LogP contribution in [0.5, 0.6) is 0 Å². The lowest BCUT2D eigenvalue weighted by Gasteiger charge is -2.21. The van der Waals surface area contributed by atoms with Gasteiger partial charge in [-0.15, -0.1) is 0 Å². The Morgan fingerprint density at radius 2 is 2.00 bits per heavy atom. The maximum atomic E-state index is 12.1. The van der Waals surface area contributed by atoms with Crippen LogP contribution >= 0.6 is 0 Å². The van der Waals surface area contributed by atoms with E-state index in [0.717, 1.165) is 18.6 Å². The second-order valence-electron chi connectivity index (χ2n) is 5.74. The molecule has 1 aromatic carbocycles. The Morgan fingerprint density at radius 1 is 1.24 bits per heavy atom. The topological polar surface area (TPSA) is 45.5 Å². The van der Waals surface area contributed by atoms with Gasteiger partial charge in [0.2, 0.25) is 0 Å². The maximum absolute atomic E-state index is 12.1. The van der Waals surface area contributed by atoms with Gasteiger partial charge >= 0.3 is 6.03 Å². The van der Waals surface area contributed by atoms with E-state index in [-0.39, 0.29) is 11.4 Å². The van der Waals surface area contributed by atoms with Gasteiger partial charge in [0.05, 0.1) is 12.8 Å². The van der Waals surface area contributed by atoms with Crippen LogP contribution in [0.1, 0.15) is 24.2 Å². The first-order valence-corrected chi connectivity index (χ1v) is 7.26. The predicted octanol–water partition coefficient (Wildman–Crippen LogP) is 3.15. The van der Waals surface area contributed by atoms with E-state index < -0.39 is 0 Å². The molecule has 0 bridgehead atoms. The lowest BCUT2D eigenvalue weighted by molar-refractivity contribution is 0.202. The Kier molecular flexibility index (Phi) is 3.69. The molecule has 0 aliphatic heterocycles. The van der Waals surface area contributed by atoms with Crippen molar-refractivity contribution < 1.29 is 9.21 Å². The van der Waals surface area contributed by atoms with Gasteiger partial charge in [-0.2, -0.15) is 0 Å². The number of furan rings is 1. The van der Waals surface area contributed by atoms with E-state index >= 15 is 0 Å². The summed E-state index contributed by atoms with van der Waals surface area (Å²) in [4.78, 5) is 13.8. The van der Waals surface area contributed by atoms with Crippen molar-refractivity contribution in [3.63, 3.8) is 0 Å². The Hall–Kier alpha value is -2.23. The van der Waals surface area contributed by atoms with Crippen molar-refractivity contribution in [3.05, 3.63) is 60.1 Å². The fourth-order valence-electron chi connectivity index (χ4n) is 2.60. The Balaban J connectivity index is 1.54.